The van der Waals surface area contributed by atoms with Crippen molar-refractivity contribution in [3.05, 3.63) is 21.3 Å². The Morgan fingerprint density at radius 2 is 2.33 bits per heavy atom. The maximum absolute atomic E-state index is 5.67. The fraction of sp³-hybridized carbons (Fsp3) is 0.500. The Morgan fingerprint density at radius 3 is 3.00 bits per heavy atom. The van der Waals surface area contributed by atoms with Crippen molar-refractivity contribution in [2.45, 2.75) is 32.2 Å². The number of hydrogen-bond donors (Lipinski definition) is 1. The van der Waals surface area contributed by atoms with Gasteiger partial charge in [0.2, 0.25) is 5.89 Å². The number of nitrogens with zero attached hydrogens (tertiary/aromatic N) is 2. The lowest BCUT2D eigenvalue weighted by atomic mass is 10.3. The summed E-state index contributed by atoms with van der Waals surface area (Å²) in [5, 5.41) is 11.6. The summed E-state index contributed by atoms with van der Waals surface area (Å²) in [6.45, 7) is 2.97. The van der Waals surface area contributed by atoms with Crippen LogP contribution in [0.1, 0.15) is 24.3 Å². The summed E-state index contributed by atoms with van der Waals surface area (Å²) in [6, 6.07) is 2.79. The Labute approximate surface area is 118 Å². The van der Waals surface area contributed by atoms with E-state index in [9.17, 15) is 0 Å². The number of thiophene rings is 1. The minimum absolute atomic E-state index is 0.621. The number of hydrogen-bond acceptors (Lipinski definition) is 5. The van der Waals surface area contributed by atoms with Crippen molar-refractivity contribution in [3.63, 3.8) is 0 Å². The van der Waals surface area contributed by atoms with E-state index in [1.807, 2.05) is 0 Å². The Hall–Kier alpha value is -0.720. The van der Waals surface area contributed by atoms with Gasteiger partial charge in [0.25, 0.3) is 5.89 Å². The van der Waals surface area contributed by atoms with Crippen molar-refractivity contribution in [2.24, 2.45) is 0 Å². The molecular formula is C12H14BrN3OS. The molecule has 0 aliphatic heterocycles. The quantitative estimate of drug-likeness (QED) is 0.916. The van der Waals surface area contributed by atoms with Crippen LogP contribution in [0.5, 0.6) is 0 Å². The highest BCUT2D eigenvalue weighted by Gasteiger charge is 2.20. The predicted molar refractivity (Wildman–Crippen MR) is 74.8 cm³/mol. The largest absolute Gasteiger partial charge is 0.420 e. The monoisotopic (exact) mass is 327 g/mol. The molecule has 96 valence electrons. The van der Waals surface area contributed by atoms with E-state index in [1.165, 1.54) is 18.4 Å². The molecular weight excluding hydrogens is 314 g/mol. The van der Waals surface area contributed by atoms with Crippen LogP contribution in [0.2, 0.25) is 0 Å². The first-order chi connectivity index (χ1) is 8.72. The molecule has 1 N–H and O–H groups in total. The van der Waals surface area contributed by atoms with E-state index >= 15 is 0 Å². The van der Waals surface area contributed by atoms with Gasteiger partial charge in [-0.3, -0.25) is 0 Å². The molecule has 0 saturated heterocycles. The number of aryl methyl sites for hydroxylation is 1. The van der Waals surface area contributed by atoms with Gasteiger partial charge in [-0.05, 0) is 47.3 Å². The Morgan fingerprint density at radius 1 is 1.50 bits per heavy atom. The highest BCUT2D eigenvalue weighted by molar-refractivity contribution is 9.11. The molecule has 3 rings (SSSR count). The lowest BCUT2D eigenvalue weighted by molar-refractivity contribution is 0.495. The van der Waals surface area contributed by atoms with Gasteiger partial charge in [0.05, 0.1) is 8.66 Å². The van der Waals surface area contributed by atoms with Crippen LogP contribution < -0.4 is 5.32 Å². The van der Waals surface area contributed by atoms with E-state index in [0.717, 1.165) is 27.7 Å². The fourth-order valence-corrected chi connectivity index (χ4v) is 3.15. The average molecular weight is 328 g/mol. The van der Waals surface area contributed by atoms with Crippen molar-refractivity contribution in [1.82, 2.24) is 15.5 Å². The third-order valence-corrected chi connectivity index (χ3v) is 5.01. The Bertz CT molecular complexity index is 528. The maximum Gasteiger partial charge on any atom is 0.257 e. The lowest BCUT2D eigenvalue weighted by Crippen LogP contribution is -2.19. The van der Waals surface area contributed by atoms with Crippen LogP contribution in [-0.2, 0) is 6.42 Å². The second-order valence-corrected chi connectivity index (χ2v) is 6.92. The summed E-state index contributed by atoms with van der Waals surface area (Å²) in [5.74, 6) is 1.33. The lowest BCUT2D eigenvalue weighted by Gasteiger charge is -1.97. The first-order valence-corrected chi connectivity index (χ1v) is 7.65. The zero-order chi connectivity index (χ0) is 12.5. The van der Waals surface area contributed by atoms with E-state index in [4.69, 9.17) is 4.42 Å². The third-order valence-electron chi connectivity index (χ3n) is 2.88. The highest BCUT2D eigenvalue weighted by Crippen LogP contribution is 2.33. The van der Waals surface area contributed by atoms with Gasteiger partial charge in [0.1, 0.15) is 0 Å². The summed E-state index contributed by atoms with van der Waals surface area (Å²) in [4.78, 5) is 1.02. The van der Waals surface area contributed by atoms with Gasteiger partial charge in [-0.1, -0.05) is 0 Å². The molecule has 0 bridgehead atoms. The molecule has 18 heavy (non-hydrogen) atoms. The average Bonchev–Trinajstić information content (AvgIpc) is 2.94. The van der Waals surface area contributed by atoms with Gasteiger partial charge in [0.15, 0.2) is 0 Å². The van der Waals surface area contributed by atoms with E-state index in [2.05, 4.69) is 44.4 Å². The smallest absolute Gasteiger partial charge is 0.257 e. The highest BCUT2D eigenvalue weighted by atomic mass is 79.9. The SMILES string of the molecule is Cc1cc(-c2nnc(CCNC3CC3)o2)sc1Br. The van der Waals surface area contributed by atoms with Gasteiger partial charge in [-0.25, -0.2) is 0 Å². The van der Waals surface area contributed by atoms with Crippen LogP contribution in [0.15, 0.2) is 14.3 Å². The Kier molecular flexibility index (Phi) is 3.50. The van der Waals surface area contributed by atoms with Crippen molar-refractivity contribution in [3.8, 4) is 10.8 Å². The number of nitrogens with one attached hydrogen (secondary N) is 1. The fourth-order valence-electron chi connectivity index (χ4n) is 1.69. The number of halogens is 1. The second-order valence-electron chi connectivity index (χ2n) is 4.55. The summed E-state index contributed by atoms with van der Waals surface area (Å²) in [7, 11) is 0. The van der Waals surface area contributed by atoms with Gasteiger partial charge in [0, 0.05) is 19.0 Å². The van der Waals surface area contributed by atoms with Gasteiger partial charge < -0.3 is 9.73 Å². The molecule has 2 aromatic heterocycles. The van der Waals surface area contributed by atoms with E-state index in [0.29, 0.717) is 11.8 Å². The molecule has 1 aliphatic carbocycles. The van der Waals surface area contributed by atoms with Gasteiger partial charge in [-0.2, -0.15) is 0 Å². The summed E-state index contributed by atoms with van der Waals surface area (Å²) >= 11 is 5.13. The molecule has 1 saturated carbocycles. The van der Waals surface area contributed by atoms with Crippen LogP contribution in [-0.4, -0.2) is 22.8 Å². The van der Waals surface area contributed by atoms with Gasteiger partial charge >= 0.3 is 0 Å². The standard InChI is InChI=1S/C12H14BrN3OS/c1-7-6-9(18-11(7)13)12-16-15-10(17-12)4-5-14-8-2-3-8/h6,8,14H,2-5H2,1H3. The normalized spacial score (nSPS) is 15.2. The third kappa shape index (κ3) is 2.81. The molecule has 1 aliphatic rings. The minimum Gasteiger partial charge on any atom is -0.420 e. The van der Waals surface area contributed by atoms with Crippen LogP contribution in [0.25, 0.3) is 10.8 Å². The second kappa shape index (κ2) is 5.11. The van der Waals surface area contributed by atoms with Crippen LogP contribution in [0, 0.1) is 6.92 Å². The topological polar surface area (TPSA) is 51.0 Å². The molecule has 1 fully saturated rings. The van der Waals surface area contributed by atoms with Crippen molar-refractivity contribution < 1.29 is 4.42 Å². The minimum atomic E-state index is 0.621. The first-order valence-electron chi connectivity index (χ1n) is 6.04. The van der Waals surface area contributed by atoms with Crippen molar-refractivity contribution in [1.29, 1.82) is 0 Å². The van der Waals surface area contributed by atoms with E-state index in [-0.39, 0.29) is 0 Å². The van der Waals surface area contributed by atoms with Crippen molar-refractivity contribution in [2.75, 3.05) is 6.54 Å². The molecule has 2 aromatic rings. The molecule has 0 aromatic carbocycles. The zero-order valence-electron chi connectivity index (χ0n) is 10.1. The maximum atomic E-state index is 5.67. The first kappa shape index (κ1) is 12.3. The van der Waals surface area contributed by atoms with Crippen LogP contribution in [0.4, 0.5) is 0 Å². The van der Waals surface area contributed by atoms with Gasteiger partial charge in [-0.15, -0.1) is 21.5 Å². The molecule has 2 heterocycles. The predicted octanol–water partition coefficient (Wildman–Crippen LogP) is 3.16. The van der Waals surface area contributed by atoms with Crippen LogP contribution >= 0.6 is 27.3 Å². The number of rotatable bonds is 5. The summed E-state index contributed by atoms with van der Waals surface area (Å²) in [6.07, 6.45) is 3.41. The summed E-state index contributed by atoms with van der Waals surface area (Å²) < 4.78 is 6.79. The zero-order valence-corrected chi connectivity index (χ0v) is 12.5. The van der Waals surface area contributed by atoms with Crippen molar-refractivity contribution >= 4 is 27.3 Å². The van der Waals surface area contributed by atoms with Crippen LogP contribution in [0.3, 0.4) is 0 Å². The molecule has 0 atom stereocenters. The number of aromatic nitrogens is 2. The molecule has 0 amide bonds. The molecule has 0 spiro atoms. The molecule has 0 unspecified atom stereocenters. The Balaban J connectivity index is 1.64. The van der Waals surface area contributed by atoms with E-state index < -0.39 is 0 Å². The molecule has 4 nitrogen and oxygen atoms in total. The molecule has 6 heteroatoms. The summed E-state index contributed by atoms with van der Waals surface area (Å²) in [5.41, 5.74) is 1.20. The molecule has 0 radical (unpaired) electrons. The van der Waals surface area contributed by atoms with E-state index in [1.54, 1.807) is 11.3 Å².